The van der Waals surface area contributed by atoms with Crippen LogP contribution < -0.4 is 4.90 Å². The van der Waals surface area contributed by atoms with Gasteiger partial charge in [-0.1, -0.05) is 128 Å². The average molecular weight is 624 g/mol. The third-order valence-electron chi connectivity index (χ3n) is 8.39. The van der Waals surface area contributed by atoms with E-state index in [9.17, 15) is 4.79 Å². The lowest BCUT2D eigenvalue weighted by molar-refractivity contribution is 0.101. The number of nitrogens with zero attached hydrogens (tertiary/aromatic N) is 1. The molecule has 0 aliphatic carbocycles. The molecule has 0 saturated heterocycles. The highest BCUT2D eigenvalue weighted by atomic mass is 32.2. The van der Waals surface area contributed by atoms with Crippen molar-refractivity contribution in [2.75, 3.05) is 4.90 Å². The fourth-order valence-corrected chi connectivity index (χ4v) is 6.94. The number of rotatable bonds is 9. The predicted molar refractivity (Wildman–Crippen MR) is 199 cm³/mol. The third-order valence-corrected chi connectivity index (χ3v) is 9.41. The second kappa shape index (κ2) is 13.4. The zero-order valence-corrected chi connectivity index (χ0v) is 27.0. The molecule has 0 bridgehead atoms. The zero-order chi connectivity index (χ0) is 32.2. The van der Waals surface area contributed by atoms with E-state index in [0.29, 0.717) is 5.56 Å². The molecule has 7 rings (SSSR count). The number of anilines is 3. The molecule has 0 unspecified atom stereocenters. The molecule has 0 fully saturated rings. The summed E-state index contributed by atoms with van der Waals surface area (Å²) in [6.45, 7) is 6.20. The van der Waals surface area contributed by atoms with Crippen molar-refractivity contribution in [2.24, 2.45) is 0 Å². The first-order valence-corrected chi connectivity index (χ1v) is 16.5. The zero-order valence-electron chi connectivity index (χ0n) is 26.1. The molecule has 0 radical (unpaired) electrons. The van der Waals surface area contributed by atoms with Crippen LogP contribution in [0.1, 0.15) is 28.4 Å². The monoisotopic (exact) mass is 623 g/mol. The van der Waals surface area contributed by atoms with Crippen molar-refractivity contribution >= 4 is 51.0 Å². The Hall–Kier alpha value is -5.64. The van der Waals surface area contributed by atoms with Crippen molar-refractivity contribution < 1.29 is 4.79 Å². The Labute approximate surface area is 280 Å². The molecule has 0 aliphatic heterocycles. The van der Waals surface area contributed by atoms with Crippen LogP contribution in [0.4, 0.5) is 17.1 Å². The topological polar surface area (TPSA) is 20.3 Å². The van der Waals surface area contributed by atoms with Crippen molar-refractivity contribution in [1.29, 1.82) is 0 Å². The lowest BCUT2D eigenvalue weighted by Crippen LogP contribution is -2.09. The highest BCUT2D eigenvalue weighted by Crippen LogP contribution is 2.40. The summed E-state index contributed by atoms with van der Waals surface area (Å²) < 4.78 is 0. The fraction of sp³-hybridized carbons (Fsp3) is 0.0227. The minimum Gasteiger partial charge on any atom is -0.311 e. The first-order chi connectivity index (χ1) is 23.1. The molecule has 0 heterocycles. The first-order valence-electron chi connectivity index (χ1n) is 15.7. The molecule has 2 nitrogen and oxygen atoms in total. The van der Waals surface area contributed by atoms with Crippen LogP contribution in [0.2, 0.25) is 0 Å². The van der Waals surface area contributed by atoms with Gasteiger partial charge in [0.05, 0.1) is 0 Å². The van der Waals surface area contributed by atoms with Gasteiger partial charge in [0.15, 0.2) is 5.78 Å². The van der Waals surface area contributed by atoms with Gasteiger partial charge in [0, 0.05) is 37.8 Å². The van der Waals surface area contributed by atoms with E-state index >= 15 is 0 Å². The maximum Gasteiger partial charge on any atom is 0.160 e. The van der Waals surface area contributed by atoms with E-state index < -0.39 is 0 Å². The molecule has 0 aromatic heterocycles. The van der Waals surface area contributed by atoms with Gasteiger partial charge < -0.3 is 4.90 Å². The minimum atomic E-state index is 0.0353. The molecule has 0 saturated carbocycles. The number of carbonyl (C=O) groups is 1. The van der Waals surface area contributed by atoms with Crippen molar-refractivity contribution in [3.8, 4) is 11.1 Å². The van der Waals surface area contributed by atoms with E-state index in [1.54, 1.807) is 18.7 Å². The van der Waals surface area contributed by atoms with E-state index in [2.05, 4.69) is 151 Å². The molecular formula is C44H33NOS. The Kier molecular flexibility index (Phi) is 8.55. The van der Waals surface area contributed by atoms with Gasteiger partial charge in [-0.05, 0) is 101 Å². The summed E-state index contributed by atoms with van der Waals surface area (Å²) in [7, 11) is 0. The van der Waals surface area contributed by atoms with Crippen LogP contribution in [0.15, 0.2) is 186 Å². The molecule has 0 N–H and O–H groups in total. The number of para-hydroxylation sites is 2. The predicted octanol–water partition coefficient (Wildman–Crippen LogP) is 12.4. The Morgan fingerprint density at radius 3 is 1.68 bits per heavy atom. The molecule has 3 heteroatoms. The lowest BCUT2D eigenvalue weighted by atomic mass is 9.87. The van der Waals surface area contributed by atoms with Gasteiger partial charge in [0.1, 0.15) is 0 Å². The number of carbonyl (C=O) groups excluding carboxylic acids is 1. The third kappa shape index (κ3) is 6.27. The van der Waals surface area contributed by atoms with Crippen LogP contribution in [0.3, 0.4) is 0 Å². The fourth-order valence-electron chi connectivity index (χ4n) is 6.10. The van der Waals surface area contributed by atoms with E-state index in [1.165, 1.54) is 9.79 Å². The number of hydrogen-bond donors (Lipinski definition) is 0. The quantitative estimate of drug-likeness (QED) is 0.149. The van der Waals surface area contributed by atoms with Crippen LogP contribution in [0.5, 0.6) is 0 Å². The maximum absolute atomic E-state index is 13.0. The SMILES string of the molecule is C=C(c1ccc(N(c2ccccc2)c2ccccc2)cc1)c1ccc(-c2ccc(Sc3ccccc3)cc2)c2cccc(C(C)=O)c12. The molecule has 47 heavy (non-hydrogen) atoms. The number of fused-ring (bicyclic) bond motifs is 1. The van der Waals surface area contributed by atoms with Crippen LogP contribution in [-0.2, 0) is 0 Å². The molecule has 7 aromatic rings. The standard InChI is InChI=1S/C44H33NOS/c1-31(33-21-25-37(26-22-33)45(35-13-6-3-7-14-35)36-15-8-4-9-16-36)40-29-30-42(43-20-12-19-41(32(2)46)44(40)43)34-23-27-39(28-24-34)47-38-17-10-5-11-18-38/h3-30H,1H2,2H3. The van der Waals surface area contributed by atoms with E-state index in [-0.39, 0.29) is 5.78 Å². The molecular weight excluding hydrogens is 591 g/mol. The Bertz CT molecular complexity index is 2130. The number of ketones is 1. The van der Waals surface area contributed by atoms with Crippen LogP contribution >= 0.6 is 11.8 Å². The second-order valence-electron chi connectivity index (χ2n) is 11.4. The lowest BCUT2D eigenvalue weighted by Gasteiger charge is -2.25. The van der Waals surface area contributed by atoms with Gasteiger partial charge in [-0.25, -0.2) is 0 Å². The average Bonchev–Trinajstić information content (AvgIpc) is 3.13. The Morgan fingerprint density at radius 2 is 1.09 bits per heavy atom. The molecule has 0 aliphatic rings. The maximum atomic E-state index is 13.0. The van der Waals surface area contributed by atoms with Crippen molar-refractivity contribution in [3.05, 3.63) is 193 Å². The van der Waals surface area contributed by atoms with Gasteiger partial charge >= 0.3 is 0 Å². The van der Waals surface area contributed by atoms with Crippen molar-refractivity contribution in [3.63, 3.8) is 0 Å². The highest BCUT2D eigenvalue weighted by molar-refractivity contribution is 7.99. The summed E-state index contributed by atoms with van der Waals surface area (Å²) in [5.74, 6) is 0.0353. The number of Topliss-reactive ketones (excluding diaryl/α,β-unsaturated/α-hetero) is 1. The summed E-state index contributed by atoms with van der Waals surface area (Å²) in [5, 5.41) is 1.97. The summed E-state index contributed by atoms with van der Waals surface area (Å²) in [6, 6.07) is 58.6. The summed E-state index contributed by atoms with van der Waals surface area (Å²) in [6.07, 6.45) is 0. The first kappa shape index (κ1) is 30.0. The van der Waals surface area contributed by atoms with Gasteiger partial charge in [0.2, 0.25) is 0 Å². The second-order valence-corrected chi connectivity index (χ2v) is 12.6. The van der Waals surface area contributed by atoms with Crippen LogP contribution in [0.25, 0.3) is 27.5 Å². The Morgan fingerprint density at radius 1 is 0.532 bits per heavy atom. The summed E-state index contributed by atoms with van der Waals surface area (Å²) >= 11 is 1.75. The van der Waals surface area contributed by atoms with Gasteiger partial charge in [-0.15, -0.1) is 0 Å². The normalized spacial score (nSPS) is 10.9. The Balaban J connectivity index is 1.25. The van der Waals surface area contributed by atoms with E-state index in [4.69, 9.17) is 0 Å². The summed E-state index contributed by atoms with van der Waals surface area (Å²) in [4.78, 5) is 17.6. The van der Waals surface area contributed by atoms with Crippen LogP contribution in [-0.4, -0.2) is 5.78 Å². The molecule has 226 valence electrons. The number of benzene rings is 7. The summed E-state index contributed by atoms with van der Waals surface area (Å²) in [5.41, 5.74) is 8.97. The van der Waals surface area contributed by atoms with Crippen LogP contribution in [0, 0.1) is 0 Å². The number of hydrogen-bond acceptors (Lipinski definition) is 3. The van der Waals surface area contributed by atoms with Gasteiger partial charge in [0.25, 0.3) is 0 Å². The minimum absolute atomic E-state index is 0.0353. The highest BCUT2D eigenvalue weighted by Gasteiger charge is 2.18. The largest absolute Gasteiger partial charge is 0.311 e. The van der Waals surface area contributed by atoms with Gasteiger partial charge in [-0.2, -0.15) is 0 Å². The molecule has 0 amide bonds. The molecule has 7 aromatic carbocycles. The van der Waals surface area contributed by atoms with Gasteiger partial charge in [-0.3, -0.25) is 4.79 Å². The molecule has 0 atom stereocenters. The van der Waals surface area contributed by atoms with E-state index in [1.807, 2.05) is 30.3 Å². The smallest absolute Gasteiger partial charge is 0.160 e. The van der Waals surface area contributed by atoms with E-state index in [0.717, 1.165) is 55.7 Å². The van der Waals surface area contributed by atoms with Crippen molar-refractivity contribution in [1.82, 2.24) is 0 Å². The molecule has 0 spiro atoms. The van der Waals surface area contributed by atoms with Crippen molar-refractivity contribution in [2.45, 2.75) is 16.7 Å².